The van der Waals surface area contributed by atoms with Gasteiger partial charge in [-0.1, -0.05) is 34.1 Å². The van der Waals surface area contributed by atoms with Crippen LogP contribution in [-0.2, 0) is 14.8 Å². The van der Waals surface area contributed by atoms with E-state index in [2.05, 4.69) is 49.0 Å². The lowest BCUT2D eigenvalue weighted by Gasteiger charge is -2.21. The summed E-state index contributed by atoms with van der Waals surface area (Å²) in [6, 6.07) is 14.4. The van der Waals surface area contributed by atoms with Gasteiger partial charge in [0.1, 0.15) is 6.54 Å². The van der Waals surface area contributed by atoms with Gasteiger partial charge in [-0.05, 0) is 65.4 Å². The molecule has 138 valence electrons. The normalized spacial score (nSPS) is 11.9. The zero-order chi connectivity index (χ0) is 19.3. The molecule has 1 amide bonds. The second-order valence-electron chi connectivity index (χ2n) is 5.49. The third kappa shape index (κ3) is 6.06. The van der Waals surface area contributed by atoms with Crippen LogP contribution in [0.3, 0.4) is 0 Å². The number of carbonyl (C=O) groups is 1. The van der Waals surface area contributed by atoms with Crippen LogP contribution in [0.25, 0.3) is 0 Å². The average molecular weight is 550 g/mol. The van der Waals surface area contributed by atoms with Crippen molar-refractivity contribution < 1.29 is 13.2 Å². The number of hydrogen-bond donors (Lipinski definition) is 1. The van der Waals surface area contributed by atoms with E-state index in [9.17, 15) is 13.2 Å². The fraction of sp³-hybridized carbons (Fsp3) is 0.176. The van der Waals surface area contributed by atoms with Crippen LogP contribution in [0.15, 0.2) is 58.1 Å². The Hall–Kier alpha value is -1.46. The topological polar surface area (TPSA) is 78.8 Å². The molecule has 0 bridgehead atoms. The van der Waals surface area contributed by atoms with Crippen molar-refractivity contribution in [2.45, 2.75) is 6.92 Å². The molecule has 2 aromatic carbocycles. The van der Waals surface area contributed by atoms with Crippen LogP contribution in [0.1, 0.15) is 12.5 Å². The van der Waals surface area contributed by atoms with Gasteiger partial charge in [-0.2, -0.15) is 5.10 Å². The molecule has 26 heavy (non-hydrogen) atoms. The van der Waals surface area contributed by atoms with Gasteiger partial charge in [-0.25, -0.2) is 13.8 Å². The molecule has 9 heteroatoms. The van der Waals surface area contributed by atoms with Crippen LogP contribution in [0.2, 0.25) is 0 Å². The summed E-state index contributed by atoms with van der Waals surface area (Å²) >= 11 is 5.50. The highest BCUT2D eigenvalue weighted by Gasteiger charge is 2.21. The molecule has 2 aromatic rings. The summed E-state index contributed by atoms with van der Waals surface area (Å²) in [6.07, 6.45) is 1.06. The van der Waals surface area contributed by atoms with Crippen molar-refractivity contribution in [1.29, 1.82) is 0 Å². The van der Waals surface area contributed by atoms with Gasteiger partial charge in [0, 0.05) is 8.04 Å². The fourth-order valence-electron chi connectivity index (χ4n) is 2.10. The summed E-state index contributed by atoms with van der Waals surface area (Å²) in [5.74, 6) is -0.528. The molecule has 0 heterocycles. The molecule has 0 aliphatic rings. The Morgan fingerprint density at radius 2 is 1.88 bits per heavy atom. The summed E-state index contributed by atoms with van der Waals surface area (Å²) in [6.45, 7) is 1.41. The maximum absolute atomic E-state index is 12.2. The Morgan fingerprint density at radius 3 is 2.46 bits per heavy atom. The van der Waals surface area contributed by atoms with E-state index in [1.807, 2.05) is 24.3 Å². The van der Waals surface area contributed by atoms with Gasteiger partial charge in [-0.15, -0.1) is 0 Å². The highest BCUT2D eigenvalue weighted by Crippen LogP contribution is 2.21. The van der Waals surface area contributed by atoms with E-state index in [0.717, 1.165) is 24.2 Å². The first-order chi connectivity index (χ1) is 12.2. The summed E-state index contributed by atoms with van der Waals surface area (Å²) in [5, 5.41) is 4.05. The highest BCUT2D eigenvalue weighted by molar-refractivity contribution is 14.1. The molecule has 0 aliphatic heterocycles. The minimum Gasteiger partial charge on any atom is -0.271 e. The predicted molar refractivity (Wildman–Crippen MR) is 116 cm³/mol. The van der Waals surface area contributed by atoms with Crippen molar-refractivity contribution in [1.82, 2.24) is 5.43 Å². The summed E-state index contributed by atoms with van der Waals surface area (Å²) < 4.78 is 27.0. The van der Waals surface area contributed by atoms with Crippen LogP contribution in [0.5, 0.6) is 0 Å². The summed E-state index contributed by atoms with van der Waals surface area (Å²) in [4.78, 5) is 12.2. The second-order valence-corrected chi connectivity index (χ2v) is 9.56. The minimum atomic E-state index is -3.62. The molecule has 1 N–H and O–H groups in total. The number of rotatable bonds is 6. The van der Waals surface area contributed by atoms with Gasteiger partial charge < -0.3 is 0 Å². The summed E-state index contributed by atoms with van der Waals surface area (Å²) in [5.41, 5.74) is 4.31. The number of hydrogen-bond acceptors (Lipinski definition) is 4. The maximum Gasteiger partial charge on any atom is 0.260 e. The Balaban J connectivity index is 2.12. The number of halogens is 2. The van der Waals surface area contributed by atoms with Crippen LogP contribution >= 0.6 is 38.5 Å². The molecule has 0 saturated heterocycles. The SMILES string of the molecule is C/C(=N\NC(=O)CN(c1cccc(Br)c1)S(C)(=O)=O)c1ccc(I)cc1. The summed E-state index contributed by atoms with van der Waals surface area (Å²) in [7, 11) is -3.62. The molecule has 0 spiro atoms. The Kier molecular flexibility index (Phi) is 7.18. The molecule has 0 unspecified atom stereocenters. The van der Waals surface area contributed by atoms with E-state index in [-0.39, 0.29) is 6.54 Å². The number of amides is 1. The van der Waals surface area contributed by atoms with E-state index in [0.29, 0.717) is 11.4 Å². The van der Waals surface area contributed by atoms with Crippen LogP contribution < -0.4 is 9.73 Å². The predicted octanol–water partition coefficient (Wildman–Crippen LogP) is 3.36. The van der Waals surface area contributed by atoms with Gasteiger partial charge >= 0.3 is 0 Å². The van der Waals surface area contributed by atoms with Crippen molar-refractivity contribution in [2.24, 2.45) is 5.10 Å². The molecule has 0 saturated carbocycles. The number of benzene rings is 2. The molecule has 0 atom stereocenters. The molecule has 6 nitrogen and oxygen atoms in total. The second kappa shape index (κ2) is 8.96. The Labute approximate surface area is 175 Å². The van der Waals surface area contributed by atoms with Gasteiger partial charge in [0.2, 0.25) is 10.0 Å². The van der Waals surface area contributed by atoms with Crippen molar-refractivity contribution in [3.8, 4) is 0 Å². The number of nitrogens with one attached hydrogen (secondary N) is 1. The molecule has 0 fully saturated rings. The first kappa shape index (κ1) is 20.8. The van der Waals surface area contributed by atoms with Crippen molar-refractivity contribution in [3.63, 3.8) is 0 Å². The Morgan fingerprint density at radius 1 is 1.23 bits per heavy atom. The number of hydrazone groups is 1. The van der Waals surface area contributed by atoms with E-state index in [1.165, 1.54) is 0 Å². The van der Waals surface area contributed by atoms with Crippen molar-refractivity contribution in [3.05, 3.63) is 62.1 Å². The standard InChI is InChI=1S/C17H17BrIN3O3S/c1-12(13-6-8-15(19)9-7-13)20-21-17(23)11-22(26(2,24)25)16-5-3-4-14(18)10-16/h3-10H,11H2,1-2H3,(H,21,23)/b20-12+. The van der Waals surface area contributed by atoms with Gasteiger partial charge in [0.05, 0.1) is 17.7 Å². The van der Waals surface area contributed by atoms with E-state index in [1.54, 1.807) is 31.2 Å². The smallest absolute Gasteiger partial charge is 0.260 e. The number of anilines is 1. The van der Waals surface area contributed by atoms with Crippen molar-refractivity contribution in [2.75, 3.05) is 17.1 Å². The van der Waals surface area contributed by atoms with E-state index >= 15 is 0 Å². The van der Waals surface area contributed by atoms with Gasteiger partial charge in [0.25, 0.3) is 5.91 Å². The van der Waals surface area contributed by atoms with Gasteiger partial charge in [0.15, 0.2) is 0 Å². The lowest BCUT2D eigenvalue weighted by molar-refractivity contribution is -0.119. The number of nitrogens with zero attached hydrogens (tertiary/aromatic N) is 2. The monoisotopic (exact) mass is 549 g/mol. The number of carbonyl (C=O) groups excluding carboxylic acids is 1. The zero-order valence-corrected chi connectivity index (χ0v) is 18.7. The molecule has 0 aromatic heterocycles. The minimum absolute atomic E-state index is 0.362. The fourth-order valence-corrected chi connectivity index (χ4v) is 3.69. The quantitative estimate of drug-likeness (QED) is 0.341. The van der Waals surface area contributed by atoms with E-state index in [4.69, 9.17) is 0 Å². The third-order valence-electron chi connectivity index (χ3n) is 3.39. The van der Waals surface area contributed by atoms with Gasteiger partial charge in [-0.3, -0.25) is 9.10 Å². The first-order valence-electron chi connectivity index (χ1n) is 7.49. The molecular weight excluding hydrogens is 533 g/mol. The van der Waals surface area contributed by atoms with Crippen LogP contribution in [0, 0.1) is 3.57 Å². The third-order valence-corrected chi connectivity index (χ3v) is 5.75. The average Bonchev–Trinajstić information content (AvgIpc) is 2.57. The van der Waals surface area contributed by atoms with Crippen LogP contribution in [0.4, 0.5) is 5.69 Å². The van der Waals surface area contributed by atoms with E-state index < -0.39 is 15.9 Å². The van der Waals surface area contributed by atoms with Crippen molar-refractivity contribution >= 4 is 65.9 Å². The number of sulfonamides is 1. The lowest BCUT2D eigenvalue weighted by Crippen LogP contribution is -2.39. The highest BCUT2D eigenvalue weighted by atomic mass is 127. The lowest BCUT2D eigenvalue weighted by atomic mass is 10.1. The maximum atomic E-state index is 12.2. The molecule has 0 aliphatic carbocycles. The first-order valence-corrected chi connectivity index (χ1v) is 11.2. The molecule has 2 rings (SSSR count). The van der Waals surface area contributed by atoms with Crippen LogP contribution in [-0.4, -0.2) is 32.8 Å². The Bertz CT molecular complexity index is 931. The largest absolute Gasteiger partial charge is 0.271 e. The zero-order valence-electron chi connectivity index (χ0n) is 14.1. The molecule has 0 radical (unpaired) electrons. The molecular formula is C17H17BrIN3O3S.